The van der Waals surface area contributed by atoms with E-state index in [-0.39, 0.29) is 12.5 Å². The van der Waals surface area contributed by atoms with Crippen LogP contribution in [0.15, 0.2) is 35.1 Å². The molecular formula is C15H16F3NO2. The number of alkyl halides is 3. The van der Waals surface area contributed by atoms with Crippen molar-refractivity contribution in [2.24, 2.45) is 5.92 Å². The summed E-state index contributed by atoms with van der Waals surface area (Å²) in [7, 11) is 0. The number of aromatic amines is 1. The molecule has 0 spiro atoms. The third kappa shape index (κ3) is 3.64. The number of halogens is 3. The Morgan fingerprint density at radius 3 is 2.52 bits per heavy atom. The molecule has 1 N–H and O–H groups in total. The first-order chi connectivity index (χ1) is 9.79. The number of nitrogens with one attached hydrogen (secondary N) is 1. The molecule has 2 rings (SSSR count). The van der Waals surface area contributed by atoms with Crippen molar-refractivity contribution in [3.8, 4) is 0 Å². The van der Waals surface area contributed by atoms with E-state index in [0.29, 0.717) is 10.9 Å². The molecule has 1 atom stereocenters. The van der Waals surface area contributed by atoms with Crippen LogP contribution in [0.3, 0.4) is 0 Å². The van der Waals surface area contributed by atoms with Crippen molar-refractivity contribution in [1.29, 1.82) is 0 Å². The lowest BCUT2D eigenvalue weighted by Crippen LogP contribution is -2.30. The lowest BCUT2D eigenvalue weighted by molar-refractivity contribution is -0.226. The molecule has 21 heavy (non-hydrogen) atoms. The van der Waals surface area contributed by atoms with E-state index in [4.69, 9.17) is 4.74 Å². The van der Waals surface area contributed by atoms with E-state index >= 15 is 0 Å². The average Bonchev–Trinajstić information content (AvgIpc) is 2.37. The highest BCUT2D eigenvalue weighted by Crippen LogP contribution is 2.35. The van der Waals surface area contributed by atoms with Crippen LogP contribution < -0.4 is 5.56 Å². The Morgan fingerprint density at radius 1 is 1.24 bits per heavy atom. The fourth-order valence-corrected chi connectivity index (χ4v) is 2.01. The molecule has 114 valence electrons. The van der Waals surface area contributed by atoms with Crippen molar-refractivity contribution in [2.45, 2.75) is 26.1 Å². The third-order valence-corrected chi connectivity index (χ3v) is 2.96. The standard InChI is InChI=1S/C15H16F3NO2/c1-9(2)8-21-13(15(16,17)18)11-7-10-5-3-4-6-12(10)19-14(11)20/h3-7,9,13H,8H2,1-2H3,(H,19,20). The van der Waals surface area contributed by atoms with E-state index in [2.05, 4.69) is 4.98 Å². The van der Waals surface area contributed by atoms with Crippen molar-refractivity contribution >= 4 is 10.9 Å². The molecule has 3 nitrogen and oxygen atoms in total. The van der Waals surface area contributed by atoms with E-state index in [1.165, 1.54) is 6.07 Å². The Balaban J connectivity index is 2.48. The number of pyridine rings is 1. The van der Waals surface area contributed by atoms with E-state index in [9.17, 15) is 18.0 Å². The van der Waals surface area contributed by atoms with Crippen LogP contribution in [0, 0.1) is 5.92 Å². The molecule has 0 fully saturated rings. The van der Waals surface area contributed by atoms with Gasteiger partial charge >= 0.3 is 6.18 Å². The van der Waals surface area contributed by atoms with Crippen molar-refractivity contribution in [1.82, 2.24) is 4.98 Å². The Hall–Kier alpha value is -1.82. The molecule has 6 heteroatoms. The number of fused-ring (bicyclic) bond motifs is 1. The monoisotopic (exact) mass is 299 g/mol. The number of ether oxygens (including phenoxy) is 1. The minimum absolute atomic E-state index is 0.0608. The van der Waals surface area contributed by atoms with Crippen LogP contribution in [0.1, 0.15) is 25.5 Å². The zero-order valence-corrected chi connectivity index (χ0v) is 11.7. The molecule has 0 saturated carbocycles. The summed E-state index contributed by atoms with van der Waals surface area (Å²) in [5.74, 6) is -0.0608. The fourth-order valence-electron chi connectivity index (χ4n) is 2.01. The molecule has 0 amide bonds. The maximum atomic E-state index is 13.2. The quantitative estimate of drug-likeness (QED) is 0.933. The Kier molecular flexibility index (Phi) is 4.37. The molecule has 1 aromatic carbocycles. The van der Waals surface area contributed by atoms with Gasteiger partial charge < -0.3 is 9.72 Å². The van der Waals surface area contributed by atoms with Crippen molar-refractivity contribution < 1.29 is 17.9 Å². The zero-order chi connectivity index (χ0) is 15.6. The van der Waals surface area contributed by atoms with Crippen LogP contribution in [-0.2, 0) is 4.74 Å². The number of aromatic nitrogens is 1. The highest BCUT2D eigenvalue weighted by molar-refractivity contribution is 5.78. The van der Waals surface area contributed by atoms with Gasteiger partial charge in [-0.25, -0.2) is 0 Å². The van der Waals surface area contributed by atoms with Gasteiger partial charge in [-0.3, -0.25) is 4.79 Å². The van der Waals surface area contributed by atoms with Gasteiger partial charge in [0.25, 0.3) is 5.56 Å². The first kappa shape index (κ1) is 15.6. The fraction of sp³-hybridized carbons (Fsp3) is 0.400. The smallest absolute Gasteiger partial charge is 0.364 e. The van der Waals surface area contributed by atoms with Gasteiger partial charge in [-0.1, -0.05) is 32.0 Å². The Morgan fingerprint density at radius 2 is 1.90 bits per heavy atom. The summed E-state index contributed by atoms with van der Waals surface area (Å²) in [5, 5.41) is 0.537. The summed E-state index contributed by atoms with van der Waals surface area (Å²) in [6.07, 6.45) is -6.85. The highest BCUT2D eigenvalue weighted by Gasteiger charge is 2.43. The maximum Gasteiger partial charge on any atom is 0.419 e. The van der Waals surface area contributed by atoms with E-state index in [0.717, 1.165) is 0 Å². The first-order valence-electron chi connectivity index (χ1n) is 6.59. The Labute approximate surface area is 119 Å². The highest BCUT2D eigenvalue weighted by atomic mass is 19.4. The van der Waals surface area contributed by atoms with Gasteiger partial charge in [0.15, 0.2) is 6.10 Å². The Bertz CT molecular complexity index is 676. The zero-order valence-electron chi connectivity index (χ0n) is 11.7. The van der Waals surface area contributed by atoms with Crippen LogP contribution in [0.5, 0.6) is 0 Å². The van der Waals surface area contributed by atoms with Gasteiger partial charge in [-0.15, -0.1) is 0 Å². The SMILES string of the molecule is CC(C)COC(c1cc2ccccc2[nH]c1=O)C(F)(F)F. The van der Waals surface area contributed by atoms with E-state index in [1.807, 2.05) is 0 Å². The van der Waals surface area contributed by atoms with Gasteiger partial charge in [-0.2, -0.15) is 13.2 Å². The number of H-pyrrole nitrogens is 1. The molecule has 1 aromatic heterocycles. The minimum atomic E-state index is -4.63. The van der Waals surface area contributed by atoms with Crippen LogP contribution >= 0.6 is 0 Å². The van der Waals surface area contributed by atoms with Gasteiger partial charge in [-0.05, 0) is 23.4 Å². The van der Waals surface area contributed by atoms with Crippen LogP contribution in [0.4, 0.5) is 13.2 Å². The molecule has 0 aliphatic rings. The van der Waals surface area contributed by atoms with Gasteiger partial charge in [0, 0.05) is 5.52 Å². The predicted molar refractivity (Wildman–Crippen MR) is 74.2 cm³/mol. The topological polar surface area (TPSA) is 42.1 Å². The van der Waals surface area contributed by atoms with Crippen molar-refractivity contribution in [2.75, 3.05) is 6.61 Å². The van der Waals surface area contributed by atoms with Crippen LogP contribution in [0.25, 0.3) is 10.9 Å². The number of benzene rings is 1. The van der Waals surface area contributed by atoms with Gasteiger partial charge in [0.05, 0.1) is 12.2 Å². The number of rotatable bonds is 4. The molecule has 2 aromatic rings. The van der Waals surface area contributed by atoms with Crippen molar-refractivity contribution in [3.63, 3.8) is 0 Å². The summed E-state index contributed by atoms with van der Waals surface area (Å²) < 4.78 is 44.4. The molecular weight excluding hydrogens is 283 g/mol. The summed E-state index contributed by atoms with van der Waals surface area (Å²) in [4.78, 5) is 14.4. The second-order valence-corrected chi connectivity index (χ2v) is 5.29. The normalized spacial score (nSPS) is 13.8. The molecule has 1 heterocycles. The van der Waals surface area contributed by atoms with Gasteiger partial charge in [0.1, 0.15) is 0 Å². The number of hydrogen-bond acceptors (Lipinski definition) is 2. The van der Waals surface area contributed by atoms with Gasteiger partial charge in [0.2, 0.25) is 0 Å². The molecule has 0 radical (unpaired) electrons. The lowest BCUT2D eigenvalue weighted by atomic mass is 10.1. The average molecular weight is 299 g/mol. The number of para-hydroxylation sites is 1. The second-order valence-electron chi connectivity index (χ2n) is 5.29. The molecule has 0 saturated heterocycles. The molecule has 0 aliphatic heterocycles. The van der Waals surface area contributed by atoms with E-state index < -0.39 is 23.4 Å². The lowest BCUT2D eigenvalue weighted by Gasteiger charge is -2.21. The third-order valence-electron chi connectivity index (χ3n) is 2.96. The minimum Gasteiger partial charge on any atom is -0.364 e. The molecule has 0 aliphatic carbocycles. The van der Waals surface area contributed by atoms with Crippen LogP contribution in [0.2, 0.25) is 0 Å². The second kappa shape index (κ2) is 5.89. The van der Waals surface area contributed by atoms with Crippen LogP contribution in [-0.4, -0.2) is 17.8 Å². The van der Waals surface area contributed by atoms with E-state index in [1.54, 1.807) is 38.1 Å². The summed E-state index contributed by atoms with van der Waals surface area (Å²) in [6.45, 7) is 3.42. The number of hydrogen-bond donors (Lipinski definition) is 1. The molecule has 0 bridgehead atoms. The summed E-state index contributed by atoms with van der Waals surface area (Å²) in [6, 6.07) is 7.92. The largest absolute Gasteiger partial charge is 0.419 e. The molecule has 1 unspecified atom stereocenters. The first-order valence-corrected chi connectivity index (χ1v) is 6.59. The van der Waals surface area contributed by atoms with Crippen molar-refractivity contribution in [3.05, 3.63) is 46.2 Å². The summed E-state index contributed by atoms with van der Waals surface area (Å²) >= 11 is 0. The predicted octanol–water partition coefficient (Wildman–Crippen LogP) is 3.80. The maximum absolute atomic E-state index is 13.2. The summed E-state index contributed by atoms with van der Waals surface area (Å²) in [5.41, 5.74) is -0.697.